The standard InChI is InChI=1S/C13H12FN3O3/c14-11-5-9(1-2-12(11)18)17-7-10(20-13(17)19)6-16-4-3-15-8-16/h1-5,8,10,18H,6-7H2/t10-/m0/s1. The summed E-state index contributed by atoms with van der Waals surface area (Å²) in [5.41, 5.74) is 0.360. The number of benzene rings is 1. The van der Waals surface area contributed by atoms with Crippen LogP contribution < -0.4 is 4.90 Å². The average Bonchev–Trinajstić information content (AvgIpc) is 3.03. The van der Waals surface area contributed by atoms with Gasteiger partial charge in [-0.15, -0.1) is 0 Å². The van der Waals surface area contributed by atoms with Gasteiger partial charge in [0.1, 0.15) is 6.10 Å². The number of amides is 1. The number of carbonyl (C=O) groups excluding carboxylic acids is 1. The highest BCUT2D eigenvalue weighted by Gasteiger charge is 2.32. The molecule has 1 N–H and O–H groups in total. The van der Waals surface area contributed by atoms with Crippen LogP contribution in [0.25, 0.3) is 0 Å². The van der Waals surface area contributed by atoms with Gasteiger partial charge in [-0.05, 0) is 12.1 Å². The topological polar surface area (TPSA) is 67.6 Å². The number of hydrogen-bond acceptors (Lipinski definition) is 4. The monoisotopic (exact) mass is 277 g/mol. The SMILES string of the molecule is O=C1O[C@@H](Cn2ccnc2)CN1c1ccc(O)c(F)c1. The zero-order valence-electron chi connectivity index (χ0n) is 10.4. The Balaban J connectivity index is 1.75. The Morgan fingerprint density at radius 2 is 2.35 bits per heavy atom. The number of anilines is 1. The van der Waals surface area contributed by atoms with Crippen LogP contribution in [0.5, 0.6) is 5.75 Å². The number of ether oxygens (including phenoxy) is 1. The van der Waals surface area contributed by atoms with Crippen LogP contribution in [0.1, 0.15) is 0 Å². The Morgan fingerprint density at radius 3 is 3.05 bits per heavy atom. The molecule has 3 rings (SSSR count). The third-order valence-corrected chi connectivity index (χ3v) is 3.09. The van der Waals surface area contributed by atoms with E-state index >= 15 is 0 Å². The van der Waals surface area contributed by atoms with E-state index in [9.17, 15) is 9.18 Å². The Labute approximate surface area is 114 Å². The molecule has 0 unspecified atom stereocenters. The molecule has 104 valence electrons. The Hall–Kier alpha value is -2.57. The summed E-state index contributed by atoms with van der Waals surface area (Å²) in [5.74, 6) is -1.22. The van der Waals surface area contributed by atoms with Gasteiger partial charge in [0.15, 0.2) is 11.6 Å². The smallest absolute Gasteiger partial charge is 0.414 e. The third-order valence-electron chi connectivity index (χ3n) is 3.09. The molecule has 2 aromatic rings. The highest BCUT2D eigenvalue weighted by atomic mass is 19.1. The molecule has 1 aromatic carbocycles. The molecule has 1 fully saturated rings. The van der Waals surface area contributed by atoms with E-state index < -0.39 is 17.7 Å². The van der Waals surface area contributed by atoms with Crippen molar-refractivity contribution >= 4 is 11.8 Å². The number of nitrogens with zero attached hydrogens (tertiary/aromatic N) is 3. The fraction of sp³-hybridized carbons (Fsp3) is 0.231. The van der Waals surface area contributed by atoms with Crippen LogP contribution in [0.4, 0.5) is 14.9 Å². The molecule has 6 nitrogen and oxygen atoms in total. The van der Waals surface area contributed by atoms with Gasteiger partial charge in [0.2, 0.25) is 0 Å². The summed E-state index contributed by atoms with van der Waals surface area (Å²) in [7, 11) is 0. The van der Waals surface area contributed by atoms with E-state index in [1.807, 2.05) is 0 Å². The Kier molecular flexibility index (Phi) is 3.02. The number of phenolic OH excluding ortho intramolecular Hbond substituents is 1. The van der Waals surface area contributed by atoms with Gasteiger partial charge in [-0.3, -0.25) is 4.90 Å². The number of rotatable bonds is 3. The Morgan fingerprint density at radius 1 is 1.50 bits per heavy atom. The van der Waals surface area contributed by atoms with E-state index in [1.165, 1.54) is 17.0 Å². The zero-order valence-corrected chi connectivity index (χ0v) is 10.4. The summed E-state index contributed by atoms with van der Waals surface area (Å²) < 4.78 is 20.4. The molecule has 0 saturated carbocycles. The normalized spacial score (nSPS) is 18.4. The molecule has 1 saturated heterocycles. The van der Waals surface area contributed by atoms with Crippen molar-refractivity contribution in [1.82, 2.24) is 9.55 Å². The van der Waals surface area contributed by atoms with Gasteiger partial charge in [0.25, 0.3) is 0 Å². The maximum atomic E-state index is 13.3. The summed E-state index contributed by atoms with van der Waals surface area (Å²) in [5, 5.41) is 9.16. The van der Waals surface area contributed by atoms with Gasteiger partial charge < -0.3 is 14.4 Å². The van der Waals surface area contributed by atoms with Crippen LogP contribution in [0.3, 0.4) is 0 Å². The molecule has 1 aromatic heterocycles. The van der Waals surface area contributed by atoms with Crippen molar-refractivity contribution in [2.75, 3.05) is 11.4 Å². The average molecular weight is 277 g/mol. The van der Waals surface area contributed by atoms with Crippen LogP contribution in [-0.2, 0) is 11.3 Å². The maximum Gasteiger partial charge on any atom is 0.414 e. The quantitative estimate of drug-likeness (QED) is 0.928. The second-order valence-corrected chi connectivity index (χ2v) is 4.51. The molecule has 0 radical (unpaired) electrons. The van der Waals surface area contributed by atoms with Crippen LogP contribution >= 0.6 is 0 Å². The summed E-state index contributed by atoms with van der Waals surface area (Å²) in [6, 6.07) is 3.79. The molecule has 1 aliphatic rings. The first kappa shape index (κ1) is 12.5. The van der Waals surface area contributed by atoms with Gasteiger partial charge in [-0.25, -0.2) is 14.2 Å². The largest absolute Gasteiger partial charge is 0.505 e. The summed E-state index contributed by atoms with van der Waals surface area (Å²) in [6.07, 6.45) is 4.20. The number of imidazole rings is 1. The number of cyclic esters (lactones) is 1. The molecular formula is C13H12FN3O3. The predicted molar refractivity (Wildman–Crippen MR) is 67.9 cm³/mol. The van der Waals surface area contributed by atoms with E-state index in [4.69, 9.17) is 9.84 Å². The molecule has 0 aliphatic carbocycles. The zero-order chi connectivity index (χ0) is 14.1. The number of halogens is 1. The first-order chi connectivity index (χ1) is 9.63. The van der Waals surface area contributed by atoms with Crippen LogP contribution in [0.2, 0.25) is 0 Å². The van der Waals surface area contributed by atoms with Crippen molar-refractivity contribution in [1.29, 1.82) is 0 Å². The molecule has 0 spiro atoms. The van der Waals surface area contributed by atoms with Gasteiger partial charge in [-0.2, -0.15) is 0 Å². The summed E-state index contributed by atoms with van der Waals surface area (Å²) in [6.45, 7) is 0.810. The molecule has 1 aliphatic heterocycles. The number of aromatic hydroxyl groups is 1. The molecule has 0 bridgehead atoms. The first-order valence-electron chi connectivity index (χ1n) is 6.06. The lowest BCUT2D eigenvalue weighted by Gasteiger charge is -2.13. The number of hydrogen-bond donors (Lipinski definition) is 1. The van der Waals surface area contributed by atoms with Crippen LogP contribution in [-0.4, -0.2) is 33.4 Å². The lowest BCUT2D eigenvalue weighted by atomic mass is 10.2. The molecule has 2 heterocycles. The fourth-order valence-corrected chi connectivity index (χ4v) is 2.12. The number of aromatic nitrogens is 2. The van der Waals surface area contributed by atoms with E-state index in [0.717, 1.165) is 6.07 Å². The second kappa shape index (κ2) is 4.84. The molecule has 7 heteroatoms. The van der Waals surface area contributed by atoms with Crippen LogP contribution in [0, 0.1) is 5.82 Å². The van der Waals surface area contributed by atoms with Gasteiger partial charge in [0.05, 0.1) is 25.1 Å². The third kappa shape index (κ3) is 2.29. The van der Waals surface area contributed by atoms with E-state index in [0.29, 0.717) is 18.8 Å². The van der Waals surface area contributed by atoms with Crippen molar-refractivity contribution in [3.05, 3.63) is 42.7 Å². The fourth-order valence-electron chi connectivity index (χ4n) is 2.12. The molecular weight excluding hydrogens is 265 g/mol. The number of phenols is 1. The lowest BCUT2D eigenvalue weighted by Crippen LogP contribution is -2.25. The summed E-state index contributed by atoms with van der Waals surface area (Å²) in [4.78, 5) is 17.1. The van der Waals surface area contributed by atoms with E-state index in [-0.39, 0.29) is 6.10 Å². The second-order valence-electron chi connectivity index (χ2n) is 4.51. The maximum absolute atomic E-state index is 13.3. The minimum atomic E-state index is -0.770. The summed E-state index contributed by atoms with van der Waals surface area (Å²) >= 11 is 0. The lowest BCUT2D eigenvalue weighted by molar-refractivity contribution is 0.132. The minimum Gasteiger partial charge on any atom is -0.505 e. The predicted octanol–water partition coefficient (Wildman–Crippen LogP) is 1.75. The van der Waals surface area contributed by atoms with Crippen molar-refractivity contribution in [2.45, 2.75) is 12.6 Å². The highest BCUT2D eigenvalue weighted by molar-refractivity contribution is 5.89. The van der Waals surface area contributed by atoms with Crippen molar-refractivity contribution in [3.8, 4) is 5.75 Å². The van der Waals surface area contributed by atoms with E-state index in [2.05, 4.69) is 4.98 Å². The molecule has 1 amide bonds. The molecule has 20 heavy (non-hydrogen) atoms. The van der Waals surface area contributed by atoms with Crippen molar-refractivity contribution in [2.24, 2.45) is 0 Å². The van der Waals surface area contributed by atoms with Crippen molar-refractivity contribution in [3.63, 3.8) is 0 Å². The Bertz CT molecular complexity index is 630. The van der Waals surface area contributed by atoms with Gasteiger partial charge in [-0.1, -0.05) is 0 Å². The first-order valence-corrected chi connectivity index (χ1v) is 6.06. The molecule has 1 atom stereocenters. The van der Waals surface area contributed by atoms with Gasteiger partial charge >= 0.3 is 6.09 Å². The highest BCUT2D eigenvalue weighted by Crippen LogP contribution is 2.26. The van der Waals surface area contributed by atoms with E-state index in [1.54, 1.807) is 23.3 Å². The minimum absolute atomic E-state index is 0.321. The number of carbonyl (C=O) groups is 1. The van der Waals surface area contributed by atoms with Gasteiger partial charge in [0, 0.05) is 18.5 Å². The van der Waals surface area contributed by atoms with Crippen LogP contribution in [0.15, 0.2) is 36.9 Å². The van der Waals surface area contributed by atoms with Crippen molar-refractivity contribution < 1.29 is 19.0 Å².